The highest BCUT2D eigenvalue weighted by Crippen LogP contribution is 2.29. The largest absolute Gasteiger partial charge is 0.481 e. The molecule has 0 aliphatic carbocycles. The van der Waals surface area contributed by atoms with E-state index < -0.39 is 0 Å². The summed E-state index contributed by atoms with van der Waals surface area (Å²) in [6.45, 7) is 0.679. The first-order valence-corrected chi connectivity index (χ1v) is 6.71. The molecule has 1 aliphatic rings. The van der Waals surface area contributed by atoms with E-state index in [1.54, 1.807) is 7.11 Å². The van der Waals surface area contributed by atoms with Gasteiger partial charge in [0.25, 0.3) is 0 Å². The topological polar surface area (TPSA) is 61.0 Å². The van der Waals surface area contributed by atoms with Gasteiger partial charge < -0.3 is 10.5 Å². The van der Waals surface area contributed by atoms with Crippen LogP contribution in [-0.4, -0.2) is 29.4 Å². The zero-order chi connectivity index (χ0) is 11.4. The Kier molecular flexibility index (Phi) is 4.01. The average Bonchev–Trinajstić information content (AvgIpc) is 2.35. The second kappa shape index (κ2) is 5.50. The zero-order valence-electron chi connectivity index (χ0n) is 9.53. The quantitative estimate of drug-likeness (QED) is 0.854. The van der Waals surface area contributed by atoms with Gasteiger partial charge in [-0.25, -0.2) is 4.98 Å². The second-order valence-electron chi connectivity index (χ2n) is 3.77. The van der Waals surface area contributed by atoms with Crippen molar-refractivity contribution in [3.05, 3.63) is 17.1 Å². The molecule has 88 valence electrons. The van der Waals surface area contributed by atoms with Crippen molar-refractivity contribution in [2.45, 2.75) is 25.0 Å². The van der Waals surface area contributed by atoms with Crippen molar-refractivity contribution in [3.63, 3.8) is 0 Å². The van der Waals surface area contributed by atoms with Crippen LogP contribution in [0.15, 0.2) is 0 Å². The fourth-order valence-electron chi connectivity index (χ4n) is 1.79. The Morgan fingerprint density at radius 3 is 3.06 bits per heavy atom. The van der Waals surface area contributed by atoms with Crippen LogP contribution in [-0.2, 0) is 18.6 Å². The lowest BCUT2D eigenvalue weighted by Gasteiger charge is -2.17. The summed E-state index contributed by atoms with van der Waals surface area (Å²) in [6.07, 6.45) is 2.79. The number of methoxy groups -OCH3 is 1. The molecule has 1 aliphatic heterocycles. The maximum Gasteiger partial charge on any atom is 0.220 e. The van der Waals surface area contributed by atoms with Gasteiger partial charge in [0.05, 0.1) is 12.8 Å². The van der Waals surface area contributed by atoms with Crippen molar-refractivity contribution in [2.24, 2.45) is 5.73 Å². The number of fused-ring (bicyclic) bond motifs is 1. The van der Waals surface area contributed by atoms with E-state index in [9.17, 15) is 0 Å². The van der Waals surface area contributed by atoms with Crippen LogP contribution in [0.3, 0.4) is 0 Å². The molecule has 0 atom stereocenters. The molecule has 2 rings (SSSR count). The summed E-state index contributed by atoms with van der Waals surface area (Å²) in [5.74, 6) is 3.73. The number of aryl methyl sites for hydroxylation is 2. The van der Waals surface area contributed by atoms with E-state index in [4.69, 9.17) is 10.5 Å². The summed E-state index contributed by atoms with van der Waals surface area (Å²) in [5.41, 5.74) is 7.84. The van der Waals surface area contributed by atoms with Crippen LogP contribution < -0.4 is 10.5 Å². The van der Waals surface area contributed by atoms with Crippen LogP contribution in [0.1, 0.15) is 23.5 Å². The normalized spacial score (nSPS) is 14.6. The van der Waals surface area contributed by atoms with Crippen LogP contribution in [0.4, 0.5) is 0 Å². The average molecular weight is 239 g/mol. The van der Waals surface area contributed by atoms with E-state index in [0.717, 1.165) is 48.2 Å². The number of hydrogen-bond donors (Lipinski definition) is 1. The summed E-state index contributed by atoms with van der Waals surface area (Å²) in [6, 6.07) is 0. The van der Waals surface area contributed by atoms with Gasteiger partial charge in [-0.05, 0) is 25.1 Å². The molecule has 0 bridgehead atoms. The van der Waals surface area contributed by atoms with E-state index in [1.165, 1.54) is 5.56 Å². The van der Waals surface area contributed by atoms with Crippen molar-refractivity contribution in [2.75, 3.05) is 19.4 Å². The Balaban J connectivity index is 2.28. The lowest BCUT2D eigenvalue weighted by Crippen LogP contribution is -2.12. The molecule has 4 nitrogen and oxygen atoms in total. The number of hydrogen-bond acceptors (Lipinski definition) is 5. The predicted octanol–water partition coefficient (Wildman–Crippen LogP) is 1.17. The van der Waals surface area contributed by atoms with E-state index in [1.807, 2.05) is 11.8 Å². The highest BCUT2D eigenvalue weighted by atomic mass is 32.2. The maximum atomic E-state index is 5.49. The first kappa shape index (κ1) is 11.7. The number of rotatable bonds is 4. The lowest BCUT2D eigenvalue weighted by molar-refractivity contribution is 0.389. The third-order valence-corrected chi connectivity index (χ3v) is 3.61. The molecule has 0 spiro atoms. The molecule has 0 fully saturated rings. The third-order valence-electron chi connectivity index (χ3n) is 2.63. The number of ether oxygens (including phenoxy) is 1. The minimum absolute atomic E-state index is 0.679. The molecule has 0 saturated heterocycles. The monoisotopic (exact) mass is 239 g/mol. The summed E-state index contributed by atoms with van der Waals surface area (Å²) < 4.78 is 5.34. The Bertz CT molecular complexity index is 353. The van der Waals surface area contributed by atoms with Crippen LogP contribution >= 0.6 is 11.8 Å². The Hall–Kier alpha value is -0.810. The zero-order valence-corrected chi connectivity index (χ0v) is 10.3. The summed E-state index contributed by atoms with van der Waals surface area (Å²) in [7, 11) is 1.68. The van der Waals surface area contributed by atoms with Crippen molar-refractivity contribution in [1.29, 1.82) is 0 Å². The van der Waals surface area contributed by atoms with Gasteiger partial charge in [-0.1, -0.05) is 0 Å². The number of nitrogens with two attached hydrogens (primary N) is 1. The number of nitrogens with zero attached hydrogens (tertiary/aromatic N) is 2. The van der Waals surface area contributed by atoms with E-state index >= 15 is 0 Å². The Morgan fingerprint density at radius 1 is 1.44 bits per heavy atom. The molecule has 16 heavy (non-hydrogen) atoms. The Labute approximate surface area is 100.0 Å². The molecule has 2 heterocycles. The second-order valence-corrected chi connectivity index (χ2v) is 4.87. The van der Waals surface area contributed by atoms with E-state index in [2.05, 4.69) is 9.97 Å². The molecular formula is C11H17N3OS. The van der Waals surface area contributed by atoms with Gasteiger partial charge in [0, 0.05) is 17.7 Å². The standard InChI is InChI=1S/C11H17N3OS/c1-15-11-8-7-16-6-4-9(8)13-10(14-11)3-2-5-12/h2-7,12H2,1H3. The van der Waals surface area contributed by atoms with Crippen LogP contribution in [0.5, 0.6) is 5.88 Å². The predicted molar refractivity (Wildman–Crippen MR) is 65.8 cm³/mol. The van der Waals surface area contributed by atoms with Gasteiger partial charge in [0.1, 0.15) is 5.82 Å². The SMILES string of the molecule is COc1nc(CCCN)nc2c1CSCC2. The maximum absolute atomic E-state index is 5.49. The molecule has 2 N–H and O–H groups in total. The minimum atomic E-state index is 0.679. The summed E-state index contributed by atoms with van der Waals surface area (Å²) in [4.78, 5) is 9.04. The smallest absolute Gasteiger partial charge is 0.220 e. The number of aromatic nitrogens is 2. The molecule has 5 heteroatoms. The molecule has 0 saturated carbocycles. The highest BCUT2D eigenvalue weighted by molar-refractivity contribution is 7.98. The van der Waals surface area contributed by atoms with Crippen LogP contribution in [0.25, 0.3) is 0 Å². The molecule has 0 aromatic carbocycles. The first-order valence-electron chi connectivity index (χ1n) is 5.55. The van der Waals surface area contributed by atoms with Crippen molar-refractivity contribution in [1.82, 2.24) is 9.97 Å². The fourth-order valence-corrected chi connectivity index (χ4v) is 2.77. The van der Waals surface area contributed by atoms with Gasteiger partial charge >= 0.3 is 0 Å². The molecule has 0 unspecified atom stereocenters. The van der Waals surface area contributed by atoms with Crippen LogP contribution in [0, 0.1) is 0 Å². The van der Waals surface area contributed by atoms with Crippen molar-refractivity contribution >= 4 is 11.8 Å². The molecule has 1 aromatic heterocycles. The van der Waals surface area contributed by atoms with Gasteiger partial charge in [0.15, 0.2) is 0 Å². The molecule has 0 amide bonds. The minimum Gasteiger partial charge on any atom is -0.481 e. The highest BCUT2D eigenvalue weighted by Gasteiger charge is 2.18. The molecule has 0 radical (unpaired) electrons. The van der Waals surface area contributed by atoms with Gasteiger partial charge in [-0.2, -0.15) is 16.7 Å². The third kappa shape index (κ3) is 2.47. The van der Waals surface area contributed by atoms with Gasteiger partial charge in [0.2, 0.25) is 5.88 Å². The number of thioether (sulfide) groups is 1. The van der Waals surface area contributed by atoms with Crippen molar-refractivity contribution in [3.8, 4) is 5.88 Å². The van der Waals surface area contributed by atoms with E-state index in [0.29, 0.717) is 6.54 Å². The van der Waals surface area contributed by atoms with Gasteiger partial charge in [-0.15, -0.1) is 0 Å². The summed E-state index contributed by atoms with van der Waals surface area (Å²) in [5, 5.41) is 0. The lowest BCUT2D eigenvalue weighted by atomic mass is 10.2. The first-order chi connectivity index (χ1) is 7.85. The Morgan fingerprint density at radius 2 is 2.31 bits per heavy atom. The molecular weight excluding hydrogens is 222 g/mol. The molecule has 1 aromatic rings. The fraction of sp³-hybridized carbons (Fsp3) is 0.636. The van der Waals surface area contributed by atoms with Crippen molar-refractivity contribution < 1.29 is 4.74 Å². The summed E-state index contributed by atoms with van der Waals surface area (Å²) >= 11 is 1.91. The van der Waals surface area contributed by atoms with Gasteiger partial charge in [-0.3, -0.25) is 0 Å². The van der Waals surface area contributed by atoms with Crippen LogP contribution in [0.2, 0.25) is 0 Å². The van der Waals surface area contributed by atoms with E-state index in [-0.39, 0.29) is 0 Å².